The number of piperidine rings is 1. The van der Waals surface area contributed by atoms with Gasteiger partial charge in [0, 0.05) is 24.2 Å². The predicted molar refractivity (Wildman–Crippen MR) is 78.8 cm³/mol. The van der Waals surface area contributed by atoms with E-state index in [4.69, 9.17) is 11.6 Å². The van der Waals surface area contributed by atoms with Crippen molar-refractivity contribution in [3.05, 3.63) is 40.8 Å². The summed E-state index contributed by atoms with van der Waals surface area (Å²) in [6.45, 7) is 9.08. The molecule has 1 nitrogen and oxygen atoms in total. The van der Waals surface area contributed by atoms with Crippen LogP contribution in [-0.4, -0.2) is 18.0 Å². The third-order valence-corrected chi connectivity index (χ3v) is 3.91. The molecule has 2 heteroatoms. The van der Waals surface area contributed by atoms with Crippen LogP contribution in [0.3, 0.4) is 0 Å². The normalized spacial score (nSPS) is 25.6. The number of rotatable bonds is 3. The molecule has 2 atom stereocenters. The maximum atomic E-state index is 6.12. The fourth-order valence-corrected chi connectivity index (χ4v) is 3.11. The Kier molecular flexibility index (Phi) is 4.69. The minimum Gasteiger partial charge on any atom is -0.296 e. The van der Waals surface area contributed by atoms with E-state index in [0.29, 0.717) is 6.04 Å². The predicted octanol–water partition coefficient (Wildman–Crippen LogP) is 4.73. The van der Waals surface area contributed by atoms with Gasteiger partial charge in [0.15, 0.2) is 0 Å². The molecule has 0 aliphatic carbocycles. The smallest absolute Gasteiger partial charge is 0.0409 e. The molecule has 1 aliphatic rings. The molecular formula is C16H23ClN. The fourth-order valence-electron chi connectivity index (χ4n) is 2.92. The number of hydrogen-bond acceptors (Lipinski definition) is 1. The van der Waals surface area contributed by atoms with Crippen molar-refractivity contribution in [2.45, 2.75) is 39.7 Å². The fraction of sp³-hybridized carbons (Fsp3) is 0.562. The lowest BCUT2D eigenvalue weighted by Crippen LogP contribution is -2.39. The zero-order chi connectivity index (χ0) is 13.1. The van der Waals surface area contributed by atoms with E-state index in [1.165, 1.54) is 30.9 Å². The maximum Gasteiger partial charge on any atom is 0.0409 e. The van der Waals surface area contributed by atoms with E-state index in [2.05, 4.69) is 43.9 Å². The average molecular weight is 265 g/mol. The molecular weight excluding hydrogens is 242 g/mol. The van der Waals surface area contributed by atoms with Gasteiger partial charge in [0.1, 0.15) is 0 Å². The van der Waals surface area contributed by atoms with Crippen LogP contribution in [0.5, 0.6) is 0 Å². The first kappa shape index (κ1) is 13.9. The molecule has 1 aromatic carbocycles. The van der Waals surface area contributed by atoms with E-state index < -0.39 is 0 Å². The molecule has 0 saturated carbocycles. The van der Waals surface area contributed by atoms with Crippen molar-refractivity contribution in [2.75, 3.05) is 13.1 Å². The number of benzene rings is 1. The molecule has 0 spiro atoms. The van der Waals surface area contributed by atoms with Crippen molar-refractivity contribution < 1.29 is 0 Å². The third kappa shape index (κ3) is 3.49. The van der Waals surface area contributed by atoms with E-state index in [-0.39, 0.29) is 0 Å². The molecule has 0 bridgehead atoms. The molecule has 0 amide bonds. The van der Waals surface area contributed by atoms with Gasteiger partial charge in [-0.1, -0.05) is 44.5 Å². The minimum atomic E-state index is 0.537. The summed E-state index contributed by atoms with van der Waals surface area (Å²) in [6.07, 6.45) is 2.56. The van der Waals surface area contributed by atoms with Crippen LogP contribution in [0.25, 0.3) is 0 Å². The van der Waals surface area contributed by atoms with E-state index >= 15 is 0 Å². The number of nitrogens with zero attached hydrogens (tertiary/aromatic N) is 1. The highest BCUT2D eigenvalue weighted by molar-refractivity contribution is 6.30. The van der Waals surface area contributed by atoms with Gasteiger partial charge in [0.25, 0.3) is 0 Å². The van der Waals surface area contributed by atoms with E-state index in [9.17, 15) is 0 Å². The number of halogens is 1. The summed E-state index contributed by atoms with van der Waals surface area (Å²) in [5, 5.41) is 0.850. The number of hydrogen-bond donors (Lipinski definition) is 0. The Balaban J connectivity index is 2.17. The third-order valence-electron chi connectivity index (χ3n) is 3.67. The largest absolute Gasteiger partial charge is 0.296 e. The second-order valence-corrected chi connectivity index (χ2v) is 6.33. The molecule has 1 aromatic rings. The van der Waals surface area contributed by atoms with E-state index in [0.717, 1.165) is 17.5 Å². The van der Waals surface area contributed by atoms with Gasteiger partial charge in [-0.15, -0.1) is 0 Å². The molecule has 0 N–H and O–H groups in total. The SMILES string of the molecule is C[C](C)CN1C[C@@H](C)CCC1c1cccc(Cl)c1. The lowest BCUT2D eigenvalue weighted by Gasteiger charge is -2.40. The first-order valence-corrected chi connectivity index (χ1v) is 7.22. The van der Waals surface area contributed by atoms with Gasteiger partial charge in [0.2, 0.25) is 0 Å². The zero-order valence-electron chi connectivity index (χ0n) is 11.6. The van der Waals surface area contributed by atoms with Gasteiger partial charge in [0.05, 0.1) is 0 Å². The Morgan fingerprint density at radius 1 is 1.33 bits per heavy atom. The molecule has 1 radical (unpaired) electrons. The summed E-state index contributed by atoms with van der Waals surface area (Å²) in [6, 6.07) is 8.90. The Hall–Kier alpha value is -0.530. The van der Waals surface area contributed by atoms with Crippen LogP contribution >= 0.6 is 11.6 Å². The molecule has 1 saturated heterocycles. The quantitative estimate of drug-likeness (QED) is 0.763. The van der Waals surface area contributed by atoms with E-state index in [1.807, 2.05) is 6.07 Å². The van der Waals surface area contributed by atoms with Crippen molar-refractivity contribution in [3.63, 3.8) is 0 Å². The molecule has 1 heterocycles. The van der Waals surface area contributed by atoms with Crippen LogP contribution in [0.2, 0.25) is 5.02 Å². The van der Waals surface area contributed by atoms with Crippen LogP contribution in [0.15, 0.2) is 24.3 Å². The molecule has 0 aromatic heterocycles. The van der Waals surface area contributed by atoms with Gasteiger partial charge < -0.3 is 0 Å². The highest BCUT2D eigenvalue weighted by Crippen LogP contribution is 2.34. The van der Waals surface area contributed by atoms with Crippen LogP contribution in [0.1, 0.15) is 45.2 Å². The number of likely N-dealkylation sites (tertiary alicyclic amines) is 1. The van der Waals surface area contributed by atoms with Crippen molar-refractivity contribution in [2.24, 2.45) is 5.92 Å². The molecule has 18 heavy (non-hydrogen) atoms. The zero-order valence-corrected chi connectivity index (χ0v) is 12.4. The molecule has 2 rings (SSSR count). The Bertz CT molecular complexity index is 386. The van der Waals surface area contributed by atoms with Crippen LogP contribution in [0, 0.1) is 11.8 Å². The van der Waals surface area contributed by atoms with Gasteiger partial charge in [-0.05, 0) is 42.4 Å². The summed E-state index contributed by atoms with van der Waals surface area (Å²) in [5.74, 6) is 2.29. The first-order valence-electron chi connectivity index (χ1n) is 6.85. The summed E-state index contributed by atoms with van der Waals surface area (Å²) >= 11 is 6.12. The second kappa shape index (κ2) is 6.08. The maximum absolute atomic E-state index is 6.12. The molecule has 99 valence electrons. The van der Waals surface area contributed by atoms with Crippen molar-refractivity contribution in [3.8, 4) is 0 Å². The standard InChI is InChI=1S/C16H23ClN/c1-12(2)10-18-11-13(3)7-8-16(18)14-5-4-6-15(17)9-14/h4-6,9,13,16H,7-8,10-11H2,1-3H3/t13-,16?/m0/s1. The molecule has 1 unspecified atom stereocenters. The Morgan fingerprint density at radius 3 is 2.78 bits per heavy atom. The van der Waals surface area contributed by atoms with Gasteiger partial charge >= 0.3 is 0 Å². The van der Waals surface area contributed by atoms with E-state index in [1.54, 1.807) is 0 Å². The molecule has 1 aliphatic heterocycles. The summed E-state index contributed by atoms with van der Waals surface area (Å²) in [7, 11) is 0. The summed E-state index contributed by atoms with van der Waals surface area (Å²) in [5.41, 5.74) is 1.37. The lowest BCUT2D eigenvalue weighted by atomic mass is 9.89. The highest BCUT2D eigenvalue weighted by atomic mass is 35.5. The monoisotopic (exact) mass is 264 g/mol. The Labute approximate surface area is 116 Å². The van der Waals surface area contributed by atoms with Gasteiger partial charge in [-0.25, -0.2) is 0 Å². The van der Waals surface area contributed by atoms with Gasteiger partial charge in [-0.3, -0.25) is 4.90 Å². The highest BCUT2D eigenvalue weighted by Gasteiger charge is 2.27. The van der Waals surface area contributed by atoms with Crippen molar-refractivity contribution in [1.29, 1.82) is 0 Å². The molecule has 1 fully saturated rings. The first-order chi connectivity index (χ1) is 8.56. The Morgan fingerprint density at radius 2 is 2.11 bits per heavy atom. The second-order valence-electron chi connectivity index (χ2n) is 5.89. The van der Waals surface area contributed by atoms with Crippen molar-refractivity contribution >= 4 is 11.6 Å². The lowest BCUT2D eigenvalue weighted by molar-refractivity contribution is 0.119. The minimum absolute atomic E-state index is 0.537. The van der Waals surface area contributed by atoms with Crippen molar-refractivity contribution in [1.82, 2.24) is 4.90 Å². The summed E-state index contributed by atoms with van der Waals surface area (Å²) in [4.78, 5) is 2.61. The van der Waals surface area contributed by atoms with Crippen LogP contribution in [-0.2, 0) is 0 Å². The summed E-state index contributed by atoms with van der Waals surface area (Å²) < 4.78 is 0. The van der Waals surface area contributed by atoms with Gasteiger partial charge in [-0.2, -0.15) is 0 Å². The van der Waals surface area contributed by atoms with Crippen LogP contribution in [0.4, 0.5) is 0 Å². The average Bonchev–Trinajstić information content (AvgIpc) is 2.28. The van der Waals surface area contributed by atoms with Crippen LogP contribution < -0.4 is 0 Å². The topological polar surface area (TPSA) is 3.24 Å².